The number of rotatable bonds is 9. The van der Waals surface area contributed by atoms with Gasteiger partial charge in [0.2, 0.25) is 17.7 Å². The van der Waals surface area contributed by atoms with Crippen molar-refractivity contribution in [2.45, 2.75) is 107 Å². The number of ether oxygens (including phenoxy) is 3. The second-order valence-corrected chi connectivity index (χ2v) is 34.7. The van der Waals surface area contributed by atoms with E-state index in [4.69, 9.17) is 14.2 Å². The Bertz CT molecular complexity index is 5530. The number of carbonyl (C=O) groups excluding carboxylic acids is 3. The average molecular weight is 1580 g/mol. The van der Waals surface area contributed by atoms with Crippen LogP contribution in [0.5, 0.6) is 0 Å². The largest absolute Gasteiger partial charge is 0.380 e. The molecule has 9 aromatic rings. The number of aromatic nitrogens is 6. The molecular formula is C85H89F3N12O9S3. The summed E-state index contributed by atoms with van der Waals surface area (Å²) in [5.74, 6) is 3.35. The maximum absolute atomic E-state index is 13.8. The van der Waals surface area contributed by atoms with E-state index in [0.717, 1.165) is 115 Å². The predicted octanol–water partition coefficient (Wildman–Crippen LogP) is 12.0. The van der Waals surface area contributed by atoms with Gasteiger partial charge in [0.05, 0.1) is 56.2 Å². The van der Waals surface area contributed by atoms with Crippen LogP contribution < -0.4 is 31.8 Å². The van der Waals surface area contributed by atoms with Crippen molar-refractivity contribution < 1.29 is 41.8 Å². The van der Waals surface area contributed by atoms with Crippen LogP contribution in [0.25, 0.3) is 66.1 Å². The fourth-order valence-electron chi connectivity index (χ4n) is 17.7. The molecule has 18 rings (SSSR count). The van der Waals surface area contributed by atoms with Crippen LogP contribution in [-0.4, -0.2) is 194 Å². The molecule has 582 valence electrons. The summed E-state index contributed by atoms with van der Waals surface area (Å²) in [6, 6.07) is 25.8. The third-order valence-corrected chi connectivity index (χ3v) is 27.8. The molecule has 6 saturated heterocycles. The summed E-state index contributed by atoms with van der Waals surface area (Å²) in [4.78, 5) is 107. The van der Waals surface area contributed by atoms with Crippen molar-refractivity contribution in [1.29, 1.82) is 0 Å². The van der Waals surface area contributed by atoms with Gasteiger partial charge in [-0.2, -0.15) is 15.0 Å². The van der Waals surface area contributed by atoms with E-state index >= 15 is 0 Å². The Balaban J connectivity index is 0.000000127. The van der Waals surface area contributed by atoms with Gasteiger partial charge in [-0.05, 0) is 155 Å². The van der Waals surface area contributed by atoms with E-state index < -0.39 is 0 Å². The molecule has 0 radical (unpaired) electrons. The molecule has 0 saturated carbocycles. The summed E-state index contributed by atoms with van der Waals surface area (Å²) in [5.41, 5.74) is 10.5. The smallest absolute Gasteiger partial charge is 0.350 e. The number of piperazine rings is 3. The van der Waals surface area contributed by atoms with Crippen molar-refractivity contribution in [2.75, 3.05) is 124 Å². The topological polar surface area (TPSA) is 203 Å². The van der Waals surface area contributed by atoms with Gasteiger partial charge in [-0.3, -0.25) is 28.1 Å². The lowest BCUT2D eigenvalue weighted by Gasteiger charge is -2.44. The molecule has 3 aromatic heterocycles. The Hall–Kier alpha value is -9.51. The lowest BCUT2D eigenvalue weighted by atomic mass is 9.88. The van der Waals surface area contributed by atoms with E-state index in [0.29, 0.717) is 129 Å². The number of benzene rings is 6. The van der Waals surface area contributed by atoms with Gasteiger partial charge in [0.1, 0.15) is 34.9 Å². The summed E-state index contributed by atoms with van der Waals surface area (Å²) in [6.45, 7) is 35.0. The Morgan fingerprint density at radius 1 is 0.446 bits per heavy atom. The number of carbonyl (C=O) groups is 3. The number of thioether (sulfide) groups is 3. The molecule has 6 aromatic carbocycles. The molecule has 4 atom stereocenters. The van der Waals surface area contributed by atoms with Crippen molar-refractivity contribution in [3.8, 4) is 33.4 Å². The number of aryl methyl sites for hydroxylation is 3. The van der Waals surface area contributed by atoms with Gasteiger partial charge in [-0.15, -0.1) is 35.3 Å². The minimum absolute atomic E-state index is 0.0364. The summed E-state index contributed by atoms with van der Waals surface area (Å²) < 4.78 is 63.6. The van der Waals surface area contributed by atoms with Crippen LogP contribution in [0.4, 0.5) is 30.6 Å². The Morgan fingerprint density at radius 2 is 0.795 bits per heavy atom. The molecule has 0 aliphatic carbocycles. The maximum Gasteiger partial charge on any atom is 0.350 e. The minimum atomic E-state index is -0.281. The summed E-state index contributed by atoms with van der Waals surface area (Å²) in [6.07, 6.45) is 4.05. The molecule has 0 unspecified atom stereocenters. The monoisotopic (exact) mass is 1570 g/mol. The summed E-state index contributed by atoms with van der Waals surface area (Å²) in [5, 5.41) is 2.78. The second kappa shape index (κ2) is 30.1. The van der Waals surface area contributed by atoms with Crippen LogP contribution in [0, 0.1) is 54.5 Å². The fraction of sp³-hybridized carbons (Fsp3) is 0.400. The zero-order valence-electron chi connectivity index (χ0n) is 63.9. The first-order valence-corrected chi connectivity index (χ1v) is 41.0. The van der Waals surface area contributed by atoms with E-state index in [1.165, 1.54) is 54.6 Å². The van der Waals surface area contributed by atoms with Crippen LogP contribution in [0.3, 0.4) is 0 Å². The normalized spacial score (nSPS) is 21.2. The molecule has 27 heteroatoms. The predicted molar refractivity (Wildman–Crippen MR) is 436 cm³/mol. The Labute approximate surface area is 659 Å². The van der Waals surface area contributed by atoms with Gasteiger partial charge in [-0.25, -0.2) is 27.6 Å². The molecule has 12 heterocycles. The van der Waals surface area contributed by atoms with Gasteiger partial charge in [0, 0.05) is 177 Å². The first-order valence-electron chi connectivity index (χ1n) is 38.0. The molecule has 3 spiro atoms. The zero-order chi connectivity index (χ0) is 78.6. The van der Waals surface area contributed by atoms with Gasteiger partial charge in [0.25, 0.3) is 0 Å². The fourth-order valence-corrected chi connectivity index (χ4v) is 22.2. The summed E-state index contributed by atoms with van der Waals surface area (Å²) >= 11 is 5.26. The molecular weight excluding hydrogens is 1490 g/mol. The minimum Gasteiger partial charge on any atom is -0.380 e. The van der Waals surface area contributed by atoms with E-state index in [-0.39, 0.29) is 92.7 Å². The van der Waals surface area contributed by atoms with Gasteiger partial charge in [-0.1, -0.05) is 56.1 Å². The van der Waals surface area contributed by atoms with Gasteiger partial charge < -0.3 is 43.6 Å². The maximum atomic E-state index is 13.8. The number of halogens is 3. The quantitative estimate of drug-likeness (QED) is 0.123. The van der Waals surface area contributed by atoms with Crippen LogP contribution in [0.15, 0.2) is 158 Å². The molecule has 9 aliphatic heterocycles. The van der Waals surface area contributed by atoms with Gasteiger partial charge >= 0.3 is 17.1 Å². The van der Waals surface area contributed by atoms with Crippen molar-refractivity contribution in [2.24, 2.45) is 16.2 Å². The number of anilines is 3. The van der Waals surface area contributed by atoms with Crippen molar-refractivity contribution in [3.05, 3.63) is 195 Å². The molecule has 3 amide bonds. The van der Waals surface area contributed by atoms with Gasteiger partial charge in [0.15, 0.2) is 0 Å². The second-order valence-electron chi connectivity index (χ2n) is 31.8. The summed E-state index contributed by atoms with van der Waals surface area (Å²) in [7, 11) is 0. The van der Waals surface area contributed by atoms with Crippen LogP contribution in [0.1, 0.15) is 44.4 Å². The molecule has 6 fully saturated rings. The Morgan fingerprint density at radius 3 is 1.14 bits per heavy atom. The lowest BCUT2D eigenvalue weighted by Crippen LogP contribution is -2.58. The van der Waals surface area contributed by atoms with Crippen molar-refractivity contribution in [1.82, 2.24) is 43.4 Å². The van der Waals surface area contributed by atoms with Crippen molar-refractivity contribution >= 4 is 103 Å². The highest BCUT2D eigenvalue weighted by Crippen LogP contribution is 2.52. The van der Waals surface area contributed by atoms with Crippen LogP contribution in [0.2, 0.25) is 0 Å². The molecule has 112 heavy (non-hydrogen) atoms. The van der Waals surface area contributed by atoms with E-state index in [1.807, 2.05) is 44.3 Å². The number of hydrogen-bond donors (Lipinski definition) is 0. The molecule has 0 N–H and O–H groups in total. The highest BCUT2D eigenvalue weighted by molar-refractivity contribution is 8.00. The Kier molecular flexibility index (Phi) is 20.6. The molecule has 0 bridgehead atoms. The zero-order valence-corrected chi connectivity index (χ0v) is 66.3. The highest BCUT2D eigenvalue weighted by atomic mass is 32.2. The van der Waals surface area contributed by atoms with E-state index in [9.17, 15) is 41.9 Å². The standard InChI is InChI=1S/2C29H31FN4O3S.C27H27FN4O3S/c1-5-23(35)32-11-19(4)33(12-18(32)3)27-22-10-17(2)24(20-6-8-21(30)9-7-20)26-25(22)34(28(36)31-27)13-29(16-38-26)14-37-15-29;1-5-23(35)34-18(3)11-32(12-19(34)4)27-22-10-17(2)24(20-6-8-21(30)9-7-20)26-25(22)33(28(36)31-27)13-29(16-38-26)14-37-15-29;1-3-21(33)30-8-10-31(11-9-30)25-20-12-17(2)22(18-4-6-19(28)7-5-18)24-23(20)32(26(34)29-25)13-27(16-36-24)14-35-15-27/h2*5-10,18-19H,1,11-16H2,2-4H3;3-7,12H,1,8-11,13-16H2,2H3/t2*18-,19+;/m1../s1. The number of hydrogen-bond acceptors (Lipinski definition) is 18. The van der Waals surface area contributed by atoms with Crippen LogP contribution >= 0.6 is 35.3 Å². The highest BCUT2D eigenvalue weighted by Gasteiger charge is 2.47. The average Bonchev–Trinajstić information content (AvgIpc) is 1.40. The third kappa shape index (κ3) is 13.7. The molecule has 9 aliphatic rings. The molecule has 21 nitrogen and oxygen atoms in total. The van der Waals surface area contributed by atoms with E-state index in [2.05, 4.69) is 95.3 Å². The van der Waals surface area contributed by atoms with E-state index in [1.54, 1.807) is 76.6 Å². The lowest BCUT2D eigenvalue weighted by molar-refractivity contribution is -0.131. The number of nitrogens with zero attached hydrogens (tertiary/aromatic N) is 12. The first kappa shape index (κ1) is 76.5. The first-order chi connectivity index (χ1) is 53.8. The van der Waals surface area contributed by atoms with Crippen molar-refractivity contribution in [3.63, 3.8) is 0 Å². The SMILES string of the molecule is C=CC(=O)N1CCN(c2nc(=O)n3c4c(c(-c5ccc(F)cc5)c(C)cc24)SCC2(COC2)C3)CC1.C=CC(=O)N1C[C@H](C)N(c2nc(=O)n3c4c(c(-c5ccc(F)cc5)c(C)cc24)SCC2(COC2)C3)C[C@H]1C.C=CC(=O)N1[C@H](C)CN(c2nc(=O)n3c4c(c(-c5ccc(F)cc5)c(C)cc24)SCC2(COC2)C3)C[C@@H]1C. The third-order valence-electron chi connectivity index (χ3n) is 23.5. The van der Waals surface area contributed by atoms with Crippen LogP contribution in [-0.2, 0) is 48.2 Å². The number of amides is 3.